The molecule has 0 heterocycles. The van der Waals surface area contributed by atoms with Crippen LogP contribution in [0.2, 0.25) is 0 Å². The van der Waals surface area contributed by atoms with Gasteiger partial charge in [-0.1, -0.05) is 30.3 Å². The van der Waals surface area contributed by atoms with Gasteiger partial charge in [0.2, 0.25) is 0 Å². The van der Waals surface area contributed by atoms with Gasteiger partial charge in [0, 0.05) is 6.42 Å². The molecule has 1 aromatic rings. The molecule has 126 valence electrons. The largest absolute Gasteiger partial charge is 0.447 e. The summed E-state index contributed by atoms with van der Waals surface area (Å²) in [6.07, 6.45) is -0.719. The number of hydrazine groups is 2. The molecular weight excluding hydrogens is 326 g/mol. The third kappa shape index (κ3) is 6.14. The Kier molecular flexibility index (Phi) is 6.82. The number of Topliss-reactive ketones (excluding diaryl/α,β-unsaturated/α-hetero) is 1. The van der Waals surface area contributed by atoms with Gasteiger partial charge in [-0.3, -0.25) is 9.59 Å². The molecule has 10 heteroatoms. The van der Waals surface area contributed by atoms with E-state index in [1.165, 1.54) is 0 Å². The maximum Gasteiger partial charge on any atom is 0.440 e. The molecule has 0 radical (unpaired) electrons. The number of rotatable bonds is 8. The van der Waals surface area contributed by atoms with Gasteiger partial charge in [0.25, 0.3) is 10.0 Å². The first kappa shape index (κ1) is 18.7. The number of amides is 1. The lowest BCUT2D eigenvalue weighted by Gasteiger charge is -2.28. The zero-order valence-corrected chi connectivity index (χ0v) is 13.2. The lowest BCUT2D eigenvalue weighted by molar-refractivity contribution is -0.130. The predicted octanol–water partition coefficient (Wildman–Crippen LogP) is -0.166. The molecule has 2 N–H and O–H groups in total. The summed E-state index contributed by atoms with van der Waals surface area (Å²) in [5.41, 5.74) is 0.674. The quantitative estimate of drug-likeness (QED) is 0.298. The molecule has 1 rings (SSSR count). The van der Waals surface area contributed by atoms with E-state index in [1.807, 2.05) is 0 Å². The Morgan fingerprint density at radius 1 is 1.26 bits per heavy atom. The Morgan fingerprint density at radius 3 is 2.39 bits per heavy atom. The summed E-state index contributed by atoms with van der Waals surface area (Å²) in [5, 5.41) is 0.689. The molecule has 0 unspecified atom stereocenters. The molecule has 1 amide bonds. The van der Waals surface area contributed by atoms with E-state index < -0.39 is 28.5 Å². The van der Waals surface area contributed by atoms with Crippen LogP contribution in [0.15, 0.2) is 30.3 Å². The zero-order chi connectivity index (χ0) is 17.5. The molecule has 0 saturated heterocycles. The molecule has 0 fully saturated rings. The van der Waals surface area contributed by atoms with Gasteiger partial charge in [-0.25, -0.2) is 19.1 Å². The van der Waals surface area contributed by atoms with Crippen molar-refractivity contribution in [3.05, 3.63) is 35.9 Å². The smallest absolute Gasteiger partial charge is 0.440 e. The van der Waals surface area contributed by atoms with Gasteiger partial charge < -0.3 is 4.74 Å². The summed E-state index contributed by atoms with van der Waals surface area (Å²) in [4.78, 5) is 32.9. The van der Waals surface area contributed by atoms with Crippen LogP contribution in [0.1, 0.15) is 12.0 Å². The number of hydrogen-bond acceptors (Lipinski definition) is 8. The standard InChI is InChI=1S/C13H17N3O6S/c1-23(20,21)16(13(19)22-8-7-12(18)10-17)15(14)9-11-5-3-2-4-6-11/h2-6,10H,7-9,14H2,1H3. The Labute approximate surface area is 133 Å². The summed E-state index contributed by atoms with van der Waals surface area (Å²) >= 11 is 0. The molecular formula is C13H17N3O6S. The van der Waals surface area contributed by atoms with Crippen molar-refractivity contribution in [2.75, 3.05) is 12.9 Å². The molecule has 1 aromatic carbocycles. The number of hydrogen-bond donors (Lipinski definition) is 1. The first-order chi connectivity index (χ1) is 10.8. The van der Waals surface area contributed by atoms with E-state index in [0.29, 0.717) is 10.7 Å². The van der Waals surface area contributed by atoms with E-state index in [9.17, 15) is 22.8 Å². The van der Waals surface area contributed by atoms with Crippen molar-refractivity contribution < 1.29 is 27.5 Å². The maximum atomic E-state index is 11.9. The van der Waals surface area contributed by atoms with Gasteiger partial charge in [0.05, 0.1) is 12.8 Å². The van der Waals surface area contributed by atoms with Gasteiger partial charge >= 0.3 is 6.09 Å². The molecule has 0 atom stereocenters. The fourth-order valence-corrected chi connectivity index (χ4v) is 2.38. The Hall–Kier alpha value is -2.30. The van der Waals surface area contributed by atoms with Crippen LogP contribution < -0.4 is 5.84 Å². The summed E-state index contributed by atoms with van der Waals surface area (Å²) in [7, 11) is -4.03. The first-order valence-corrected chi connectivity index (χ1v) is 8.31. The van der Waals surface area contributed by atoms with Crippen LogP contribution in [0.5, 0.6) is 0 Å². The minimum atomic E-state index is -4.03. The van der Waals surface area contributed by atoms with Gasteiger partial charge in [0.1, 0.15) is 6.61 Å². The lowest BCUT2D eigenvalue weighted by atomic mass is 10.2. The van der Waals surface area contributed by atoms with Crippen molar-refractivity contribution >= 4 is 28.2 Å². The summed E-state index contributed by atoms with van der Waals surface area (Å²) in [6.45, 7) is -0.488. The van der Waals surface area contributed by atoms with Crippen molar-refractivity contribution in [1.29, 1.82) is 0 Å². The highest BCUT2D eigenvalue weighted by molar-refractivity contribution is 7.88. The van der Waals surface area contributed by atoms with E-state index in [-0.39, 0.29) is 23.7 Å². The highest BCUT2D eigenvalue weighted by Crippen LogP contribution is 2.09. The minimum absolute atomic E-state index is 0.0592. The molecule has 0 aliphatic heterocycles. The maximum absolute atomic E-state index is 11.9. The molecule has 0 aromatic heterocycles. The van der Waals surface area contributed by atoms with Crippen molar-refractivity contribution in [2.24, 2.45) is 5.84 Å². The molecule has 0 aliphatic carbocycles. The normalized spacial score (nSPS) is 11.1. The molecule has 0 spiro atoms. The number of benzene rings is 1. The van der Waals surface area contributed by atoms with Crippen LogP contribution in [-0.2, 0) is 30.9 Å². The molecule has 0 saturated carbocycles. The van der Waals surface area contributed by atoms with E-state index in [0.717, 1.165) is 6.26 Å². The predicted molar refractivity (Wildman–Crippen MR) is 79.9 cm³/mol. The number of carbonyl (C=O) groups excluding carboxylic acids is 3. The fraction of sp³-hybridized carbons (Fsp3) is 0.308. The molecule has 23 heavy (non-hydrogen) atoms. The van der Waals surface area contributed by atoms with Crippen LogP contribution >= 0.6 is 0 Å². The SMILES string of the molecule is CS(=O)(=O)N(C(=O)OCCC(=O)C=O)N(N)Cc1ccccc1. The Bertz CT molecular complexity index is 662. The lowest BCUT2D eigenvalue weighted by Crippen LogP contribution is -2.53. The first-order valence-electron chi connectivity index (χ1n) is 6.47. The highest BCUT2D eigenvalue weighted by Gasteiger charge is 2.30. The second kappa shape index (κ2) is 8.36. The zero-order valence-electron chi connectivity index (χ0n) is 12.4. The van der Waals surface area contributed by atoms with E-state index >= 15 is 0 Å². The third-order valence-electron chi connectivity index (χ3n) is 2.60. The number of carbonyl (C=O) groups is 3. The average Bonchev–Trinajstić information content (AvgIpc) is 2.46. The monoisotopic (exact) mass is 343 g/mol. The van der Waals surface area contributed by atoms with Crippen LogP contribution in [0.3, 0.4) is 0 Å². The topological polar surface area (TPSA) is 127 Å². The van der Waals surface area contributed by atoms with Crippen molar-refractivity contribution in [3.8, 4) is 0 Å². The number of nitrogens with two attached hydrogens (primary N) is 1. The van der Waals surface area contributed by atoms with Gasteiger partial charge in [-0.05, 0) is 5.56 Å². The van der Waals surface area contributed by atoms with E-state index in [4.69, 9.17) is 5.84 Å². The van der Waals surface area contributed by atoms with Gasteiger partial charge in [-0.15, -0.1) is 9.53 Å². The van der Waals surface area contributed by atoms with Gasteiger partial charge in [-0.2, -0.15) is 0 Å². The van der Waals surface area contributed by atoms with Crippen LogP contribution in [0.25, 0.3) is 0 Å². The van der Waals surface area contributed by atoms with Gasteiger partial charge in [0.15, 0.2) is 12.1 Å². The van der Waals surface area contributed by atoms with Crippen LogP contribution in [0.4, 0.5) is 4.79 Å². The number of aldehydes is 1. The summed E-state index contributed by atoms with van der Waals surface area (Å²) in [5.74, 6) is 4.88. The van der Waals surface area contributed by atoms with Crippen LogP contribution in [0, 0.1) is 0 Å². The number of sulfonamides is 1. The highest BCUT2D eigenvalue weighted by atomic mass is 32.2. The average molecular weight is 343 g/mol. The number of nitrogens with zero attached hydrogens (tertiary/aromatic N) is 2. The molecule has 0 aliphatic rings. The van der Waals surface area contributed by atoms with E-state index in [2.05, 4.69) is 4.74 Å². The third-order valence-corrected chi connectivity index (χ3v) is 3.58. The molecule has 0 bridgehead atoms. The van der Waals surface area contributed by atoms with Crippen molar-refractivity contribution in [2.45, 2.75) is 13.0 Å². The minimum Gasteiger partial charge on any atom is -0.447 e. The second-order valence-electron chi connectivity index (χ2n) is 4.54. The van der Waals surface area contributed by atoms with E-state index in [1.54, 1.807) is 30.3 Å². The summed E-state index contributed by atoms with van der Waals surface area (Å²) in [6, 6.07) is 8.65. The Balaban J connectivity index is 2.77. The van der Waals surface area contributed by atoms with Crippen molar-refractivity contribution in [1.82, 2.24) is 9.53 Å². The van der Waals surface area contributed by atoms with Crippen LogP contribution in [-0.4, -0.2) is 49.0 Å². The number of ether oxygens (including phenoxy) is 1. The Morgan fingerprint density at radius 2 is 1.87 bits per heavy atom. The van der Waals surface area contributed by atoms with Crippen molar-refractivity contribution in [3.63, 3.8) is 0 Å². The summed E-state index contributed by atoms with van der Waals surface area (Å²) < 4.78 is 28.4. The number of ketones is 1. The molecule has 9 nitrogen and oxygen atoms in total. The second-order valence-corrected chi connectivity index (χ2v) is 6.35. The fourth-order valence-electron chi connectivity index (χ4n) is 1.62.